The second-order valence-corrected chi connectivity index (χ2v) is 7.39. The molecule has 1 aliphatic carbocycles. The average Bonchev–Trinajstić information content (AvgIpc) is 3.15. The molecule has 112 valence electrons. The van der Waals surface area contributed by atoms with Gasteiger partial charge in [-0.05, 0) is 31.2 Å². The van der Waals surface area contributed by atoms with Crippen LogP contribution in [0, 0.1) is 0 Å². The summed E-state index contributed by atoms with van der Waals surface area (Å²) in [5, 5.41) is 2.87. The summed E-state index contributed by atoms with van der Waals surface area (Å²) < 4.78 is 0.854. The molecule has 1 amide bonds. The summed E-state index contributed by atoms with van der Waals surface area (Å²) in [6.45, 7) is 2.05. The Morgan fingerprint density at radius 2 is 1.90 bits per heavy atom. The van der Waals surface area contributed by atoms with Crippen LogP contribution < -0.4 is 5.32 Å². The van der Waals surface area contributed by atoms with Crippen molar-refractivity contribution in [1.82, 2.24) is 10.2 Å². The minimum atomic E-state index is -0.236. The molecule has 0 radical (unpaired) electrons. The molecular formula is C16H20N2OS2. The lowest BCUT2D eigenvalue weighted by atomic mass is 10.1. The first kappa shape index (κ1) is 14.9. The first-order chi connectivity index (χ1) is 10.2. The van der Waals surface area contributed by atoms with Crippen LogP contribution in [0.5, 0.6) is 0 Å². The van der Waals surface area contributed by atoms with Gasteiger partial charge in [-0.3, -0.25) is 4.79 Å². The molecule has 21 heavy (non-hydrogen) atoms. The van der Waals surface area contributed by atoms with E-state index in [0.29, 0.717) is 6.04 Å². The smallest absolute Gasteiger partial charge is 0.238 e. The highest BCUT2D eigenvalue weighted by Crippen LogP contribution is 2.33. The monoisotopic (exact) mass is 320 g/mol. The molecular weight excluding hydrogens is 300 g/mol. The Kier molecular flexibility index (Phi) is 4.80. The van der Waals surface area contributed by atoms with Gasteiger partial charge in [0.05, 0.1) is 0 Å². The fraction of sp³-hybridized carbons (Fsp3) is 0.500. The van der Waals surface area contributed by atoms with Gasteiger partial charge in [0.15, 0.2) is 0 Å². The topological polar surface area (TPSA) is 32.3 Å². The number of benzene rings is 1. The van der Waals surface area contributed by atoms with Crippen LogP contribution in [0.25, 0.3) is 0 Å². The highest BCUT2D eigenvalue weighted by atomic mass is 32.2. The van der Waals surface area contributed by atoms with Crippen molar-refractivity contribution in [3.05, 3.63) is 35.9 Å². The first-order valence-corrected chi connectivity index (χ1v) is 8.84. The predicted molar refractivity (Wildman–Crippen MR) is 91.3 cm³/mol. The van der Waals surface area contributed by atoms with Crippen LogP contribution in [0.2, 0.25) is 0 Å². The number of carbonyl (C=O) groups excluding carboxylic acids is 1. The summed E-state index contributed by atoms with van der Waals surface area (Å²) in [7, 11) is 0. The molecule has 0 bridgehead atoms. The third-order valence-corrected chi connectivity index (χ3v) is 5.58. The lowest BCUT2D eigenvalue weighted by molar-refractivity contribution is -0.120. The summed E-state index contributed by atoms with van der Waals surface area (Å²) in [5.41, 5.74) is 1.03. The summed E-state index contributed by atoms with van der Waals surface area (Å²) in [6.07, 6.45) is 4.61. The number of rotatable bonds is 4. The van der Waals surface area contributed by atoms with E-state index < -0.39 is 0 Å². The Morgan fingerprint density at radius 1 is 1.24 bits per heavy atom. The van der Waals surface area contributed by atoms with E-state index in [2.05, 4.69) is 10.2 Å². The van der Waals surface area contributed by atoms with Crippen molar-refractivity contribution in [3.63, 3.8) is 0 Å². The third-order valence-electron chi connectivity index (χ3n) is 3.85. The minimum absolute atomic E-state index is 0.0928. The highest BCUT2D eigenvalue weighted by Gasteiger charge is 2.30. The maximum absolute atomic E-state index is 12.5. The maximum Gasteiger partial charge on any atom is 0.238 e. The SMILES string of the molecule is O=C(NC1CC1)C(SC(=S)N1CCCC1)c1ccccc1. The van der Waals surface area contributed by atoms with Gasteiger partial charge in [0.25, 0.3) is 0 Å². The van der Waals surface area contributed by atoms with E-state index in [-0.39, 0.29) is 11.2 Å². The first-order valence-electron chi connectivity index (χ1n) is 7.55. The minimum Gasteiger partial charge on any atom is -0.357 e. The van der Waals surface area contributed by atoms with E-state index in [9.17, 15) is 4.79 Å². The third kappa shape index (κ3) is 3.98. The Balaban J connectivity index is 1.71. The van der Waals surface area contributed by atoms with Crippen molar-refractivity contribution in [2.75, 3.05) is 13.1 Å². The molecule has 1 aromatic rings. The summed E-state index contributed by atoms with van der Waals surface area (Å²) in [5.74, 6) is 0.0928. The van der Waals surface area contributed by atoms with Gasteiger partial charge in [0.2, 0.25) is 5.91 Å². The molecule has 1 saturated carbocycles. The quantitative estimate of drug-likeness (QED) is 0.864. The molecule has 1 N–H and O–H groups in total. The molecule has 1 atom stereocenters. The highest BCUT2D eigenvalue weighted by molar-refractivity contribution is 8.23. The number of likely N-dealkylation sites (tertiary alicyclic amines) is 1. The van der Waals surface area contributed by atoms with Gasteiger partial charge in [0, 0.05) is 19.1 Å². The van der Waals surface area contributed by atoms with Gasteiger partial charge in [-0.25, -0.2) is 0 Å². The van der Waals surface area contributed by atoms with Gasteiger partial charge in [-0.15, -0.1) is 0 Å². The van der Waals surface area contributed by atoms with Gasteiger partial charge < -0.3 is 10.2 Å². The maximum atomic E-state index is 12.5. The van der Waals surface area contributed by atoms with Crippen molar-refractivity contribution >= 4 is 34.2 Å². The fourth-order valence-corrected chi connectivity index (χ4v) is 3.95. The van der Waals surface area contributed by atoms with E-state index in [4.69, 9.17) is 12.2 Å². The zero-order valence-corrected chi connectivity index (χ0v) is 13.6. The van der Waals surface area contributed by atoms with Gasteiger partial charge in [-0.1, -0.05) is 54.3 Å². The number of amides is 1. The van der Waals surface area contributed by atoms with Crippen molar-refractivity contribution in [2.45, 2.75) is 37.0 Å². The van der Waals surface area contributed by atoms with Gasteiger partial charge in [0.1, 0.15) is 9.57 Å². The zero-order valence-electron chi connectivity index (χ0n) is 12.0. The number of thioether (sulfide) groups is 1. The van der Waals surface area contributed by atoms with E-state index in [1.807, 2.05) is 30.3 Å². The van der Waals surface area contributed by atoms with Crippen LogP contribution >= 0.6 is 24.0 Å². The fourth-order valence-electron chi connectivity index (χ4n) is 2.48. The second kappa shape index (κ2) is 6.79. The number of thiocarbonyl (C=S) groups is 1. The van der Waals surface area contributed by atoms with Crippen molar-refractivity contribution < 1.29 is 4.79 Å². The van der Waals surface area contributed by atoms with Gasteiger partial charge in [-0.2, -0.15) is 0 Å². The Morgan fingerprint density at radius 3 is 2.52 bits per heavy atom. The molecule has 2 aliphatic rings. The summed E-state index contributed by atoms with van der Waals surface area (Å²) in [6, 6.07) is 10.3. The predicted octanol–water partition coefficient (Wildman–Crippen LogP) is 3.12. The molecule has 1 saturated heterocycles. The zero-order chi connectivity index (χ0) is 14.7. The van der Waals surface area contributed by atoms with Crippen molar-refractivity contribution in [3.8, 4) is 0 Å². The lowest BCUT2D eigenvalue weighted by Gasteiger charge is -2.22. The van der Waals surface area contributed by atoms with Crippen molar-refractivity contribution in [1.29, 1.82) is 0 Å². The molecule has 3 rings (SSSR count). The molecule has 1 aromatic carbocycles. The largest absolute Gasteiger partial charge is 0.357 e. The number of carbonyl (C=O) groups is 1. The summed E-state index contributed by atoms with van der Waals surface area (Å²) >= 11 is 7.07. The average molecular weight is 320 g/mol. The van der Waals surface area contributed by atoms with Crippen LogP contribution in [0.1, 0.15) is 36.5 Å². The van der Waals surface area contributed by atoms with Crippen LogP contribution in [-0.2, 0) is 4.79 Å². The molecule has 1 aliphatic heterocycles. The van der Waals surface area contributed by atoms with Crippen LogP contribution in [-0.4, -0.2) is 34.3 Å². The van der Waals surface area contributed by atoms with Crippen molar-refractivity contribution in [2.24, 2.45) is 0 Å². The number of hydrogen-bond acceptors (Lipinski definition) is 3. The molecule has 0 spiro atoms. The molecule has 0 aromatic heterocycles. The Labute approximate surface area is 135 Å². The molecule has 1 unspecified atom stereocenters. The van der Waals surface area contributed by atoms with Gasteiger partial charge >= 0.3 is 0 Å². The molecule has 2 fully saturated rings. The summed E-state index contributed by atoms with van der Waals surface area (Å²) in [4.78, 5) is 14.8. The Bertz CT molecular complexity index is 510. The lowest BCUT2D eigenvalue weighted by Crippen LogP contribution is -2.32. The number of nitrogens with one attached hydrogen (secondary N) is 1. The standard InChI is InChI=1S/C16H20N2OS2/c19-15(17-13-8-9-13)14(12-6-2-1-3-7-12)21-16(20)18-10-4-5-11-18/h1-3,6-7,13-14H,4-5,8-11H2,(H,17,19). The molecule has 5 heteroatoms. The normalized spacial score (nSPS) is 19.3. The number of nitrogens with zero attached hydrogens (tertiary/aromatic N) is 1. The molecule has 1 heterocycles. The van der Waals surface area contributed by atoms with Crippen LogP contribution in [0.3, 0.4) is 0 Å². The number of hydrogen-bond donors (Lipinski definition) is 1. The van der Waals surface area contributed by atoms with E-state index in [1.54, 1.807) is 0 Å². The van der Waals surface area contributed by atoms with Crippen LogP contribution in [0.15, 0.2) is 30.3 Å². The Hall–Kier alpha value is -1.07. The van der Waals surface area contributed by atoms with E-state index >= 15 is 0 Å². The second-order valence-electron chi connectivity index (χ2n) is 5.65. The van der Waals surface area contributed by atoms with E-state index in [0.717, 1.165) is 35.8 Å². The van der Waals surface area contributed by atoms with Crippen LogP contribution in [0.4, 0.5) is 0 Å². The molecule has 3 nitrogen and oxygen atoms in total. The van der Waals surface area contributed by atoms with E-state index in [1.165, 1.54) is 24.6 Å².